The second-order valence-electron chi connectivity index (χ2n) is 6.71. The first kappa shape index (κ1) is 14.5. The third kappa shape index (κ3) is 2.65. The number of amides is 1. The molecule has 0 saturated carbocycles. The Morgan fingerprint density at radius 2 is 1.76 bits per heavy atom. The molecule has 17 heavy (non-hydrogen) atoms. The first-order chi connectivity index (χ1) is 7.59. The molecule has 1 aliphatic heterocycles. The van der Waals surface area contributed by atoms with Crippen LogP contribution in [0.25, 0.3) is 0 Å². The van der Waals surface area contributed by atoms with Gasteiger partial charge in [-0.1, -0.05) is 6.92 Å². The van der Waals surface area contributed by atoms with Crippen molar-refractivity contribution in [3.05, 3.63) is 0 Å². The highest BCUT2D eigenvalue weighted by molar-refractivity contribution is 5.83. The summed E-state index contributed by atoms with van der Waals surface area (Å²) in [6, 6.07) is 0.331. The lowest BCUT2D eigenvalue weighted by molar-refractivity contribution is -0.148. The molecule has 0 aromatic rings. The summed E-state index contributed by atoms with van der Waals surface area (Å²) in [5.74, 6) is 0.786. The maximum Gasteiger partial charge on any atom is 0.230 e. The molecule has 0 bridgehead atoms. The summed E-state index contributed by atoms with van der Waals surface area (Å²) in [7, 11) is 0. The van der Waals surface area contributed by atoms with E-state index in [0.29, 0.717) is 12.0 Å². The summed E-state index contributed by atoms with van der Waals surface area (Å²) in [6.45, 7) is 13.0. The number of piperidine rings is 1. The molecule has 0 spiro atoms. The van der Waals surface area contributed by atoms with Gasteiger partial charge in [0.05, 0.1) is 5.41 Å². The zero-order valence-corrected chi connectivity index (χ0v) is 12.2. The van der Waals surface area contributed by atoms with Crippen LogP contribution >= 0.6 is 0 Å². The third-order valence-corrected chi connectivity index (χ3v) is 4.78. The van der Waals surface area contributed by atoms with E-state index in [0.717, 1.165) is 13.0 Å². The zero-order chi connectivity index (χ0) is 13.4. The number of carbonyl (C=O) groups excluding carboxylic acids is 1. The Hall–Kier alpha value is -0.570. The number of carbonyl (C=O) groups is 1. The van der Waals surface area contributed by atoms with Crippen LogP contribution in [0.1, 0.15) is 54.4 Å². The van der Waals surface area contributed by atoms with Crippen molar-refractivity contribution in [2.45, 2.75) is 66.0 Å². The Morgan fingerprint density at radius 1 is 1.24 bits per heavy atom. The molecule has 1 rings (SSSR count). The SMILES string of the molecule is CC1CCCN(C(=O)C(C)(C)C(C)(C)N)C1C. The minimum Gasteiger partial charge on any atom is -0.339 e. The predicted molar refractivity (Wildman–Crippen MR) is 71.6 cm³/mol. The molecule has 3 heteroatoms. The van der Waals surface area contributed by atoms with E-state index in [2.05, 4.69) is 13.8 Å². The summed E-state index contributed by atoms with van der Waals surface area (Å²) in [6.07, 6.45) is 2.33. The molecule has 1 fully saturated rings. The molecule has 1 heterocycles. The van der Waals surface area contributed by atoms with Gasteiger partial charge in [0.15, 0.2) is 0 Å². The maximum atomic E-state index is 12.7. The van der Waals surface area contributed by atoms with E-state index in [1.807, 2.05) is 32.6 Å². The Kier molecular flexibility index (Phi) is 3.92. The van der Waals surface area contributed by atoms with Gasteiger partial charge >= 0.3 is 0 Å². The van der Waals surface area contributed by atoms with Gasteiger partial charge in [0.25, 0.3) is 0 Å². The van der Waals surface area contributed by atoms with Crippen LogP contribution in [0.3, 0.4) is 0 Å². The molecular formula is C14H28N2O. The summed E-state index contributed by atoms with van der Waals surface area (Å²) in [5, 5.41) is 0. The molecule has 3 nitrogen and oxygen atoms in total. The molecular weight excluding hydrogens is 212 g/mol. The van der Waals surface area contributed by atoms with Crippen LogP contribution in [0.5, 0.6) is 0 Å². The summed E-state index contributed by atoms with van der Waals surface area (Å²) in [5.41, 5.74) is 5.14. The molecule has 0 radical (unpaired) electrons. The van der Waals surface area contributed by atoms with Crippen LogP contribution in [0, 0.1) is 11.3 Å². The van der Waals surface area contributed by atoms with E-state index in [-0.39, 0.29) is 5.91 Å². The fourth-order valence-electron chi connectivity index (χ4n) is 2.26. The fourth-order valence-corrected chi connectivity index (χ4v) is 2.26. The van der Waals surface area contributed by atoms with Gasteiger partial charge in [0, 0.05) is 18.1 Å². The Morgan fingerprint density at radius 3 is 2.24 bits per heavy atom. The number of hydrogen-bond acceptors (Lipinski definition) is 2. The van der Waals surface area contributed by atoms with Gasteiger partial charge in [-0.15, -0.1) is 0 Å². The topological polar surface area (TPSA) is 46.3 Å². The molecule has 1 amide bonds. The van der Waals surface area contributed by atoms with Crippen molar-refractivity contribution in [1.82, 2.24) is 4.90 Å². The first-order valence-electron chi connectivity index (χ1n) is 6.69. The van der Waals surface area contributed by atoms with E-state index in [1.165, 1.54) is 6.42 Å². The quantitative estimate of drug-likeness (QED) is 0.805. The molecule has 100 valence electrons. The van der Waals surface area contributed by atoms with Gasteiger partial charge in [-0.25, -0.2) is 0 Å². The monoisotopic (exact) mass is 240 g/mol. The van der Waals surface area contributed by atoms with Gasteiger partial charge in [0.1, 0.15) is 0 Å². The Labute approximate surface area is 106 Å². The van der Waals surface area contributed by atoms with Crippen molar-refractivity contribution in [3.63, 3.8) is 0 Å². The van der Waals surface area contributed by atoms with E-state index < -0.39 is 11.0 Å². The van der Waals surface area contributed by atoms with Crippen LogP contribution in [-0.2, 0) is 4.79 Å². The van der Waals surface area contributed by atoms with Crippen molar-refractivity contribution in [3.8, 4) is 0 Å². The van der Waals surface area contributed by atoms with Crippen LogP contribution in [0.4, 0.5) is 0 Å². The van der Waals surface area contributed by atoms with E-state index >= 15 is 0 Å². The summed E-state index contributed by atoms with van der Waals surface area (Å²) < 4.78 is 0. The normalized spacial score (nSPS) is 27.1. The molecule has 0 aromatic carbocycles. The zero-order valence-electron chi connectivity index (χ0n) is 12.2. The third-order valence-electron chi connectivity index (χ3n) is 4.78. The molecule has 2 N–H and O–H groups in total. The van der Waals surface area contributed by atoms with Crippen LogP contribution in [0.2, 0.25) is 0 Å². The fraction of sp³-hybridized carbons (Fsp3) is 0.929. The van der Waals surface area contributed by atoms with Crippen LogP contribution in [0.15, 0.2) is 0 Å². The minimum absolute atomic E-state index is 0.198. The highest BCUT2D eigenvalue weighted by Gasteiger charge is 2.44. The van der Waals surface area contributed by atoms with Crippen LogP contribution < -0.4 is 5.73 Å². The lowest BCUT2D eigenvalue weighted by Crippen LogP contribution is -2.59. The second-order valence-corrected chi connectivity index (χ2v) is 6.71. The molecule has 1 aliphatic rings. The van der Waals surface area contributed by atoms with Gasteiger partial charge < -0.3 is 10.6 Å². The van der Waals surface area contributed by atoms with E-state index in [4.69, 9.17) is 5.73 Å². The highest BCUT2D eigenvalue weighted by atomic mass is 16.2. The minimum atomic E-state index is -0.516. The number of rotatable bonds is 2. The standard InChI is InChI=1S/C14H28N2O/c1-10-8-7-9-16(11(10)2)12(17)13(3,4)14(5,6)15/h10-11H,7-9,15H2,1-6H3. The molecule has 1 saturated heterocycles. The maximum absolute atomic E-state index is 12.7. The average Bonchev–Trinajstić information content (AvgIpc) is 2.19. The predicted octanol–water partition coefficient (Wildman–Crippen LogP) is 2.40. The second kappa shape index (κ2) is 4.60. The summed E-state index contributed by atoms with van der Waals surface area (Å²) in [4.78, 5) is 14.7. The van der Waals surface area contributed by atoms with E-state index in [1.54, 1.807) is 0 Å². The van der Waals surface area contributed by atoms with Crippen molar-refractivity contribution < 1.29 is 4.79 Å². The summed E-state index contributed by atoms with van der Waals surface area (Å²) >= 11 is 0. The number of likely N-dealkylation sites (tertiary alicyclic amines) is 1. The average molecular weight is 240 g/mol. The van der Waals surface area contributed by atoms with Crippen LogP contribution in [-0.4, -0.2) is 28.9 Å². The smallest absolute Gasteiger partial charge is 0.230 e. The lowest BCUT2D eigenvalue weighted by atomic mass is 9.73. The van der Waals surface area contributed by atoms with Crippen molar-refractivity contribution in [2.24, 2.45) is 17.1 Å². The first-order valence-corrected chi connectivity index (χ1v) is 6.69. The largest absolute Gasteiger partial charge is 0.339 e. The van der Waals surface area contributed by atoms with Gasteiger partial charge in [-0.05, 0) is 53.4 Å². The number of hydrogen-bond donors (Lipinski definition) is 1. The van der Waals surface area contributed by atoms with Crippen molar-refractivity contribution in [2.75, 3.05) is 6.54 Å². The van der Waals surface area contributed by atoms with Crippen molar-refractivity contribution >= 4 is 5.91 Å². The van der Waals surface area contributed by atoms with E-state index in [9.17, 15) is 4.79 Å². The Bertz CT molecular complexity index is 291. The van der Waals surface area contributed by atoms with Gasteiger partial charge in [-0.2, -0.15) is 0 Å². The van der Waals surface area contributed by atoms with Gasteiger partial charge in [0.2, 0.25) is 5.91 Å². The molecule has 0 aliphatic carbocycles. The highest BCUT2D eigenvalue weighted by Crippen LogP contribution is 2.34. The van der Waals surface area contributed by atoms with Crippen molar-refractivity contribution in [1.29, 1.82) is 0 Å². The lowest BCUT2D eigenvalue weighted by Gasteiger charge is -2.46. The van der Waals surface area contributed by atoms with Gasteiger partial charge in [-0.3, -0.25) is 4.79 Å². The number of nitrogens with zero attached hydrogens (tertiary/aromatic N) is 1. The number of nitrogens with two attached hydrogens (primary N) is 1. The molecule has 2 unspecified atom stereocenters. The Balaban J connectivity index is 2.89. The molecule has 2 atom stereocenters. The molecule has 0 aromatic heterocycles.